The summed E-state index contributed by atoms with van der Waals surface area (Å²) >= 11 is 0. The van der Waals surface area contributed by atoms with Crippen LogP contribution in [0.15, 0.2) is 36.4 Å². The average Bonchev–Trinajstić information content (AvgIpc) is 3.25. The zero-order valence-electron chi connectivity index (χ0n) is 23.2. The number of hydrogen-bond acceptors (Lipinski definition) is 5. The normalized spacial score (nSPS) is 30.6. The van der Waals surface area contributed by atoms with Crippen LogP contribution in [-0.4, -0.2) is 69.8 Å². The van der Waals surface area contributed by atoms with Crippen molar-refractivity contribution >= 4 is 5.91 Å². The minimum atomic E-state index is -4.40. The molecule has 2 N–H and O–H groups in total. The molecule has 4 aliphatic rings. The van der Waals surface area contributed by atoms with Crippen LogP contribution in [-0.2, 0) is 29.2 Å². The highest BCUT2D eigenvalue weighted by molar-refractivity contribution is 5.77. The summed E-state index contributed by atoms with van der Waals surface area (Å²) in [5, 5.41) is 23.3. The lowest BCUT2D eigenvalue weighted by molar-refractivity contribution is -0.198. The van der Waals surface area contributed by atoms with E-state index in [1.807, 2.05) is 24.8 Å². The molecule has 2 fully saturated rings. The summed E-state index contributed by atoms with van der Waals surface area (Å²) in [6.07, 6.45) is -1.99. The monoisotopic (exact) mass is 558 g/mol. The maximum atomic E-state index is 13.8. The number of aryl methyl sites for hydroxylation is 1. The van der Waals surface area contributed by atoms with Crippen LogP contribution in [0, 0.1) is 5.92 Å². The number of aliphatic hydroxyl groups is 1. The van der Waals surface area contributed by atoms with Crippen molar-refractivity contribution in [2.45, 2.75) is 87.8 Å². The number of phenolic OH excluding ortho intramolecular Hbond substituents is 1. The van der Waals surface area contributed by atoms with E-state index < -0.39 is 28.9 Å². The van der Waals surface area contributed by atoms with Crippen molar-refractivity contribution in [1.29, 1.82) is 0 Å². The van der Waals surface area contributed by atoms with Gasteiger partial charge in [0.15, 0.2) is 11.5 Å². The van der Waals surface area contributed by atoms with Gasteiger partial charge in [0.25, 0.3) is 0 Å². The fourth-order valence-corrected chi connectivity index (χ4v) is 8.12. The first-order valence-corrected chi connectivity index (χ1v) is 14.3. The highest BCUT2D eigenvalue weighted by Gasteiger charge is 2.73. The fraction of sp³-hybridized carbons (Fsp3) is 0.581. The topological polar surface area (TPSA) is 73.2 Å². The van der Waals surface area contributed by atoms with Gasteiger partial charge in [0.1, 0.15) is 6.10 Å². The van der Waals surface area contributed by atoms with E-state index in [1.165, 1.54) is 12.1 Å². The van der Waals surface area contributed by atoms with Gasteiger partial charge in [-0.1, -0.05) is 32.0 Å². The first-order valence-electron chi connectivity index (χ1n) is 14.3. The summed E-state index contributed by atoms with van der Waals surface area (Å²) in [6, 6.07) is 8.21. The fourth-order valence-electron chi connectivity index (χ4n) is 8.12. The van der Waals surface area contributed by atoms with Crippen LogP contribution in [0.4, 0.5) is 13.2 Å². The second-order valence-corrected chi connectivity index (χ2v) is 12.6. The second kappa shape index (κ2) is 9.38. The molecule has 1 amide bonds. The molecule has 40 heavy (non-hydrogen) atoms. The summed E-state index contributed by atoms with van der Waals surface area (Å²) in [4.78, 5) is 18.0. The molecule has 2 unspecified atom stereocenters. The predicted octanol–water partition coefficient (Wildman–Crippen LogP) is 4.68. The predicted molar refractivity (Wildman–Crippen MR) is 143 cm³/mol. The van der Waals surface area contributed by atoms with Crippen molar-refractivity contribution in [3.63, 3.8) is 0 Å². The van der Waals surface area contributed by atoms with Gasteiger partial charge in [0.05, 0.1) is 22.6 Å². The average molecular weight is 559 g/mol. The second-order valence-electron chi connectivity index (χ2n) is 12.6. The lowest BCUT2D eigenvalue weighted by atomic mass is 9.48. The molecule has 5 atom stereocenters. The quantitative estimate of drug-likeness (QED) is 0.539. The lowest BCUT2D eigenvalue weighted by Crippen LogP contribution is -2.78. The Morgan fingerprint density at radius 2 is 1.90 bits per heavy atom. The van der Waals surface area contributed by atoms with Crippen LogP contribution < -0.4 is 4.74 Å². The first-order chi connectivity index (χ1) is 18.9. The number of likely N-dealkylation sites (tertiary alicyclic amines) is 1. The van der Waals surface area contributed by atoms with E-state index in [2.05, 4.69) is 11.9 Å². The van der Waals surface area contributed by atoms with Crippen LogP contribution in [0.25, 0.3) is 0 Å². The van der Waals surface area contributed by atoms with Crippen molar-refractivity contribution in [2.24, 2.45) is 5.92 Å². The molecule has 9 heteroatoms. The van der Waals surface area contributed by atoms with Crippen molar-refractivity contribution < 1.29 is 32.9 Å². The Hall–Kier alpha value is -2.78. The highest BCUT2D eigenvalue weighted by atomic mass is 19.4. The van der Waals surface area contributed by atoms with Crippen LogP contribution in [0.1, 0.15) is 61.8 Å². The third kappa shape index (κ3) is 3.95. The van der Waals surface area contributed by atoms with E-state index in [9.17, 15) is 28.2 Å². The van der Waals surface area contributed by atoms with Crippen LogP contribution >= 0.6 is 0 Å². The Balaban J connectivity index is 1.32. The van der Waals surface area contributed by atoms with Gasteiger partial charge in [-0.2, -0.15) is 13.2 Å². The Kier molecular flexibility index (Phi) is 6.42. The highest BCUT2D eigenvalue weighted by Crippen LogP contribution is 2.65. The number of likely N-dealkylation sites (N-methyl/N-ethyl adjacent to an activating group) is 1. The van der Waals surface area contributed by atoms with Crippen molar-refractivity contribution in [3.05, 3.63) is 58.7 Å². The zero-order valence-corrected chi connectivity index (χ0v) is 23.2. The SMILES string of the molecule is CC(C)CN(C(=O)CCc1ccc(C(F)(F)F)cc1)C1CC[C@@]2(O)[C@H]3Cc4ccc(O)c5c4[C@@]2(CCN3C)C1O5. The van der Waals surface area contributed by atoms with Gasteiger partial charge < -0.3 is 24.7 Å². The lowest BCUT2D eigenvalue weighted by Gasteiger charge is -2.64. The van der Waals surface area contributed by atoms with Gasteiger partial charge in [-0.3, -0.25) is 4.79 Å². The molecular weight excluding hydrogens is 521 g/mol. The first kappa shape index (κ1) is 27.4. The van der Waals surface area contributed by atoms with Gasteiger partial charge in [0, 0.05) is 24.6 Å². The molecule has 2 aromatic carbocycles. The van der Waals surface area contributed by atoms with Gasteiger partial charge in [0.2, 0.25) is 5.91 Å². The number of amides is 1. The molecule has 2 aliphatic carbocycles. The van der Waals surface area contributed by atoms with Gasteiger partial charge in [-0.05, 0) is 80.9 Å². The van der Waals surface area contributed by atoms with E-state index in [-0.39, 0.29) is 36.1 Å². The Morgan fingerprint density at radius 1 is 1.18 bits per heavy atom. The number of alkyl halides is 3. The van der Waals surface area contributed by atoms with E-state index in [4.69, 9.17) is 4.74 Å². The molecule has 2 bridgehead atoms. The number of benzene rings is 2. The number of halogens is 3. The molecule has 6 rings (SSSR count). The minimum absolute atomic E-state index is 0.0602. The van der Waals surface area contributed by atoms with E-state index in [0.29, 0.717) is 50.0 Å². The van der Waals surface area contributed by atoms with Crippen LogP contribution in [0.2, 0.25) is 0 Å². The molecule has 2 aliphatic heterocycles. The number of nitrogens with zero attached hydrogens (tertiary/aromatic N) is 2. The number of piperidine rings is 1. The molecule has 2 heterocycles. The van der Waals surface area contributed by atoms with Crippen molar-refractivity contribution in [2.75, 3.05) is 20.1 Å². The number of carbonyl (C=O) groups is 1. The van der Waals surface area contributed by atoms with Crippen molar-refractivity contribution in [1.82, 2.24) is 9.80 Å². The molecule has 1 spiro atoms. The third-order valence-electron chi connectivity index (χ3n) is 9.89. The molecule has 6 nitrogen and oxygen atoms in total. The van der Waals surface area contributed by atoms with Crippen LogP contribution in [0.3, 0.4) is 0 Å². The minimum Gasteiger partial charge on any atom is -0.504 e. The Morgan fingerprint density at radius 3 is 2.58 bits per heavy atom. The molecular formula is C31H37F3N2O4. The maximum Gasteiger partial charge on any atom is 0.416 e. The standard InChI is InChI=1S/C31H37F3N2O4/c1-18(2)17-36(25(38)11-6-19-4-8-21(9-5-19)31(32,33)34)22-12-13-30(39)24-16-20-7-10-23(37)27-26(20)29(30,28(22)40-27)14-15-35(24)3/h4-5,7-10,18,22,24,28,37,39H,6,11-17H2,1-3H3/t22?,24-,28?,29+,30-/m1/s1. The molecule has 216 valence electrons. The largest absolute Gasteiger partial charge is 0.504 e. The zero-order chi connectivity index (χ0) is 28.6. The summed E-state index contributed by atoms with van der Waals surface area (Å²) in [5.41, 5.74) is 0.198. The van der Waals surface area contributed by atoms with Gasteiger partial charge >= 0.3 is 6.18 Å². The van der Waals surface area contributed by atoms with Gasteiger partial charge in [-0.15, -0.1) is 0 Å². The van der Waals surface area contributed by atoms with E-state index in [0.717, 1.165) is 29.8 Å². The molecule has 2 aromatic rings. The molecule has 1 saturated heterocycles. The number of aromatic hydroxyl groups is 1. The summed E-state index contributed by atoms with van der Waals surface area (Å²) in [7, 11) is 2.05. The number of rotatable bonds is 6. The Labute approximate surface area is 232 Å². The molecule has 0 aromatic heterocycles. The number of carbonyl (C=O) groups excluding carboxylic acids is 1. The number of ether oxygens (including phenoxy) is 1. The summed E-state index contributed by atoms with van der Waals surface area (Å²) in [6.45, 7) is 5.38. The third-order valence-corrected chi connectivity index (χ3v) is 9.89. The van der Waals surface area contributed by atoms with Gasteiger partial charge in [-0.25, -0.2) is 0 Å². The summed E-state index contributed by atoms with van der Waals surface area (Å²) in [5.74, 6) is 0.602. The smallest absolute Gasteiger partial charge is 0.416 e. The van der Waals surface area contributed by atoms with Crippen molar-refractivity contribution in [3.8, 4) is 11.5 Å². The van der Waals surface area contributed by atoms with E-state index >= 15 is 0 Å². The maximum absolute atomic E-state index is 13.8. The molecule has 0 radical (unpaired) electrons. The number of hydrogen-bond donors (Lipinski definition) is 2. The van der Waals surface area contributed by atoms with E-state index in [1.54, 1.807) is 6.07 Å². The number of phenols is 1. The summed E-state index contributed by atoms with van der Waals surface area (Å²) < 4.78 is 45.6. The molecule has 1 saturated carbocycles. The Bertz CT molecular complexity index is 1310. The van der Waals surface area contributed by atoms with Crippen LogP contribution in [0.5, 0.6) is 11.5 Å².